The third kappa shape index (κ3) is 2.89. The molecule has 7 rings (SSSR count). The normalized spacial score (nSPS) is 19.7. The SMILES string of the molecule is Cc1nc(-c2cccc(CN3CC4(COc5cc6c(cc54)OCCO6)c4ccccc43)c2)no1. The summed E-state index contributed by atoms with van der Waals surface area (Å²) in [5, 5.41) is 4.07. The molecule has 1 aromatic heterocycles. The molecule has 0 saturated heterocycles. The zero-order valence-electron chi connectivity index (χ0n) is 18.8. The molecule has 1 spiro atoms. The molecule has 7 nitrogen and oxygen atoms in total. The van der Waals surface area contributed by atoms with E-state index < -0.39 is 0 Å². The first-order valence-corrected chi connectivity index (χ1v) is 11.5. The van der Waals surface area contributed by atoms with Gasteiger partial charge in [0.1, 0.15) is 25.6 Å². The molecule has 0 radical (unpaired) electrons. The second-order valence-electron chi connectivity index (χ2n) is 9.07. The fourth-order valence-corrected chi connectivity index (χ4v) is 5.43. The molecule has 4 heterocycles. The lowest BCUT2D eigenvalue weighted by atomic mass is 9.77. The number of aromatic nitrogens is 2. The minimum Gasteiger partial charge on any atom is -0.492 e. The van der Waals surface area contributed by atoms with Crippen molar-refractivity contribution in [1.82, 2.24) is 10.1 Å². The van der Waals surface area contributed by atoms with E-state index in [1.165, 1.54) is 22.4 Å². The highest BCUT2D eigenvalue weighted by Crippen LogP contribution is 2.54. The van der Waals surface area contributed by atoms with Crippen LogP contribution < -0.4 is 19.1 Å². The van der Waals surface area contributed by atoms with Crippen LogP contribution in [0.15, 0.2) is 65.2 Å². The first-order valence-electron chi connectivity index (χ1n) is 11.5. The third-order valence-corrected chi connectivity index (χ3v) is 6.94. The Hall–Kier alpha value is -4.00. The molecule has 7 heteroatoms. The highest BCUT2D eigenvalue weighted by molar-refractivity contribution is 5.71. The van der Waals surface area contributed by atoms with Gasteiger partial charge in [0, 0.05) is 42.9 Å². The molecule has 3 aliphatic rings. The van der Waals surface area contributed by atoms with Crippen molar-refractivity contribution in [3.8, 4) is 28.6 Å². The Balaban J connectivity index is 1.26. The van der Waals surface area contributed by atoms with Gasteiger partial charge in [0.05, 0.1) is 5.41 Å². The maximum atomic E-state index is 6.25. The van der Waals surface area contributed by atoms with Crippen LogP contribution in [0.5, 0.6) is 17.2 Å². The van der Waals surface area contributed by atoms with Gasteiger partial charge in [0.2, 0.25) is 11.7 Å². The summed E-state index contributed by atoms with van der Waals surface area (Å²) in [5.74, 6) is 3.62. The maximum Gasteiger partial charge on any atom is 0.223 e. The molecule has 0 bridgehead atoms. The minimum atomic E-state index is -0.246. The van der Waals surface area contributed by atoms with Crippen LogP contribution in [0, 0.1) is 6.92 Å². The number of hydrogen-bond acceptors (Lipinski definition) is 7. The lowest BCUT2D eigenvalue weighted by Gasteiger charge is -2.26. The first kappa shape index (κ1) is 19.5. The van der Waals surface area contributed by atoms with Gasteiger partial charge in [-0.25, -0.2) is 0 Å². The largest absolute Gasteiger partial charge is 0.492 e. The number of benzene rings is 3. The lowest BCUT2D eigenvalue weighted by Crippen LogP contribution is -2.36. The van der Waals surface area contributed by atoms with Crippen molar-refractivity contribution in [3.63, 3.8) is 0 Å². The average Bonchev–Trinajstić information content (AvgIpc) is 3.55. The van der Waals surface area contributed by atoms with Crippen molar-refractivity contribution in [2.24, 2.45) is 0 Å². The van der Waals surface area contributed by atoms with Crippen LogP contribution in [-0.4, -0.2) is 36.5 Å². The van der Waals surface area contributed by atoms with E-state index in [2.05, 4.69) is 57.5 Å². The quantitative estimate of drug-likeness (QED) is 0.452. The van der Waals surface area contributed by atoms with E-state index in [1.807, 2.05) is 18.2 Å². The number of anilines is 1. The molecule has 1 atom stereocenters. The van der Waals surface area contributed by atoms with Gasteiger partial charge in [0.15, 0.2) is 11.5 Å². The zero-order chi connectivity index (χ0) is 22.7. The fourth-order valence-electron chi connectivity index (χ4n) is 5.43. The third-order valence-electron chi connectivity index (χ3n) is 6.94. The summed E-state index contributed by atoms with van der Waals surface area (Å²) in [7, 11) is 0. The standard InChI is InChI=1S/C27H23N3O4/c1-17-28-26(29-34-17)19-6-4-5-18(11-19)14-30-15-27(20-7-2-3-8-22(20)30)16-33-23-13-25-24(12-21(23)27)31-9-10-32-25/h2-8,11-13H,9-10,14-16H2,1H3. The minimum absolute atomic E-state index is 0.246. The monoisotopic (exact) mass is 453 g/mol. The van der Waals surface area contributed by atoms with Crippen LogP contribution in [0.2, 0.25) is 0 Å². The second-order valence-corrected chi connectivity index (χ2v) is 9.07. The Bertz CT molecular complexity index is 1410. The molecular weight excluding hydrogens is 430 g/mol. The molecule has 0 aliphatic carbocycles. The van der Waals surface area contributed by atoms with Crippen molar-refractivity contribution in [3.05, 3.63) is 83.2 Å². The number of fused-ring (bicyclic) bond motifs is 5. The summed E-state index contributed by atoms with van der Waals surface area (Å²) >= 11 is 0. The van der Waals surface area contributed by atoms with Crippen molar-refractivity contribution < 1.29 is 18.7 Å². The number of nitrogens with zero attached hydrogens (tertiary/aromatic N) is 3. The second kappa shape index (κ2) is 7.25. The lowest BCUT2D eigenvalue weighted by molar-refractivity contribution is 0.171. The Morgan fingerprint density at radius 3 is 2.59 bits per heavy atom. The van der Waals surface area contributed by atoms with Gasteiger partial charge < -0.3 is 23.6 Å². The molecule has 0 fully saturated rings. The maximum absolute atomic E-state index is 6.25. The average molecular weight is 453 g/mol. The molecule has 170 valence electrons. The molecule has 0 amide bonds. The van der Waals surface area contributed by atoms with Crippen LogP contribution in [-0.2, 0) is 12.0 Å². The van der Waals surface area contributed by atoms with Crippen molar-refractivity contribution >= 4 is 5.69 Å². The van der Waals surface area contributed by atoms with E-state index in [9.17, 15) is 0 Å². The summed E-state index contributed by atoms with van der Waals surface area (Å²) in [6.45, 7) is 5.13. The summed E-state index contributed by atoms with van der Waals surface area (Å²) in [6, 6.07) is 21.1. The Morgan fingerprint density at radius 1 is 0.882 bits per heavy atom. The number of hydrogen-bond donors (Lipinski definition) is 0. The van der Waals surface area contributed by atoms with Crippen LogP contribution in [0.1, 0.15) is 22.6 Å². The van der Waals surface area contributed by atoms with Crippen molar-refractivity contribution in [2.45, 2.75) is 18.9 Å². The van der Waals surface area contributed by atoms with E-state index in [1.54, 1.807) is 6.92 Å². The van der Waals surface area contributed by atoms with E-state index in [-0.39, 0.29) is 5.41 Å². The molecule has 3 aromatic carbocycles. The molecule has 4 aromatic rings. The van der Waals surface area contributed by atoms with E-state index in [0.29, 0.717) is 31.5 Å². The zero-order valence-corrected chi connectivity index (χ0v) is 18.8. The number of rotatable bonds is 3. The van der Waals surface area contributed by atoms with Gasteiger partial charge in [-0.1, -0.05) is 41.6 Å². The number of para-hydroxylation sites is 1. The Kier molecular flexibility index (Phi) is 4.15. The van der Waals surface area contributed by atoms with Crippen LogP contribution in [0.25, 0.3) is 11.4 Å². The highest BCUT2D eigenvalue weighted by atomic mass is 16.6. The molecule has 3 aliphatic heterocycles. The predicted octanol–water partition coefficient (Wildman–Crippen LogP) is 4.51. The summed E-state index contributed by atoms with van der Waals surface area (Å²) in [4.78, 5) is 6.81. The Morgan fingerprint density at radius 2 is 1.74 bits per heavy atom. The van der Waals surface area contributed by atoms with Gasteiger partial charge in [-0.05, 0) is 29.3 Å². The fraction of sp³-hybridized carbons (Fsp3) is 0.259. The van der Waals surface area contributed by atoms with E-state index >= 15 is 0 Å². The number of aryl methyl sites for hydroxylation is 1. The van der Waals surface area contributed by atoms with E-state index in [0.717, 1.165) is 35.9 Å². The summed E-state index contributed by atoms with van der Waals surface area (Å²) in [5.41, 5.74) is 5.58. The molecule has 0 saturated carbocycles. The predicted molar refractivity (Wildman–Crippen MR) is 126 cm³/mol. The molecule has 0 N–H and O–H groups in total. The summed E-state index contributed by atoms with van der Waals surface area (Å²) in [6.07, 6.45) is 0. The van der Waals surface area contributed by atoms with E-state index in [4.69, 9.17) is 18.7 Å². The van der Waals surface area contributed by atoms with Crippen molar-refractivity contribution in [2.75, 3.05) is 31.3 Å². The smallest absolute Gasteiger partial charge is 0.223 e. The first-order chi connectivity index (χ1) is 16.7. The number of ether oxygens (including phenoxy) is 3. The molecule has 34 heavy (non-hydrogen) atoms. The molecule has 1 unspecified atom stereocenters. The van der Waals surface area contributed by atoms with Crippen LogP contribution >= 0.6 is 0 Å². The van der Waals surface area contributed by atoms with Crippen LogP contribution in [0.3, 0.4) is 0 Å². The highest BCUT2D eigenvalue weighted by Gasteiger charge is 2.50. The van der Waals surface area contributed by atoms with Gasteiger partial charge in [-0.15, -0.1) is 0 Å². The van der Waals surface area contributed by atoms with Gasteiger partial charge in [0.25, 0.3) is 0 Å². The van der Waals surface area contributed by atoms with Crippen molar-refractivity contribution in [1.29, 1.82) is 0 Å². The van der Waals surface area contributed by atoms with Gasteiger partial charge in [-0.3, -0.25) is 0 Å². The molecular formula is C27H23N3O4. The topological polar surface area (TPSA) is 69.9 Å². The van der Waals surface area contributed by atoms with Gasteiger partial charge >= 0.3 is 0 Å². The van der Waals surface area contributed by atoms with Crippen LogP contribution in [0.4, 0.5) is 5.69 Å². The van der Waals surface area contributed by atoms with Gasteiger partial charge in [-0.2, -0.15) is 4.98 Å². The Labute approximate surface area is 196 Å². The summed E-state index contributed by atoms with van der Waals surface area (Å²) < 4.78 is 23.1.